The van der Waals surface area contributed by atoms with Crippen LogP contribution >= 0.6 is 0 Å². The highest BCUT2D eigenvalue weighted by molar-refractivity contribution is 5.94. The molecule has 16 heavy (non-hydrogen) atoms. The van der Waals surface area contributed by atoms with Crippen LogP contribution in [0.15, 0.2) is 18.3 Å². The van der Waals surface area contributed by atoms with Gasteiger partial charge in [0.15, 0.2) is 0 Å². The largest absolute Gasteiger partial charge is 0.336 e. The van der Waals surface area contributed by atoms with E-state index < -0.39 is 0 Å². The zero-order valence-corrected chi connectivity index (χ0v) is 9.73. The number of nitrogens with zero attached hydrogens (tertiary/aromatic N) is 2. The third-order valence-corrected chi connectivity index (χ3v) is 2.81. The van der Waals surface area contributed by atoms with E-state index in [1.165, 1.54) is 0 Å². The number of carbonyl (C=O) groups excluding carboxylic acids is 1. The van der Waals surface area contributed by atoms with Crippen molar-refractivity contribution in [3.8, 4) is 0 Å². The minimum absolute atomic E-state index is 0.0841. The molecule has 4 nitrogen and oxygen atoms in total. The molecule has 0 spiro atoms. The van der Waals surface area contributed by atoms with E-state index >= 15 is 0 Å². The van der Waals surface area contributed by atoms with Gasteiger partial charge in [0.25, 0.3) is 5.91 Å². The first-order chi connectivity index (χ1) is 7.66. The molecule has 2 heterocycles. The molecule has 0 aromatic carbocycles. The molecule has 1 N–H and O–H groups in total. The van der Waals surface area contributed by atoms with E-state index in [4.69, 9.17) is 0 Å². The topological polar surface area (TPSA) is 45.2 Å². The summed E-state index contributed by atoms with van der Waals surface area (Å²) in [5.74, 6) is 0.0841. The van der Waals surface area contributed by atoms with E-state index in [1.807, 2.05) is 24.0 Å². The highest BCUT2D eigenvalue weighted by Gasteiger charge is 2.21. The van der Waals surface area contributed by atoms with E-state index in [9.17, 15) is 4.79 Å². The normalized spacial score (nSPS) is 20.9. The summed E-state index contributed by atoms with van der Waals surface area (Å²) in [4.78, 5) is 18.1. The van der Waals surface area contributed by atoms with E-state index in [2.05, 4.69) is 17.2 Å². The van der Waals surface area contributed by atoms with Crippen LogP contribution in [-0.4, -0.2) is 41.5 Å². The smallest absolute Gasteiger partial charge is 0.255 e. The van der Waals surface area contributed by atoms with E-state index in [0.29, 0.717) is 11.6 Å². The molecular formula is C12H17N3O. The van der Waals surface area contributed by atoms with Crippen LogP contribution in [0, 0.1) is 6.92 Å². The Labute approximate surface area is 95.7 Å². The zero-order valence-electron chi connectivity index (χ0n) is 9.73. The predicted octanol–water partition coefficient (Wildman–Crippen LogP) is 0.824. The summed E-state index contributed by atoms with van der Waals surface area (Å²) in [6.07, 6.45) is 1.66. The molecular weight excluding hydrogens is 202 g/mol. The lowest BCUT2D eigenvalue weighted by atomic mass is 10.2. The van der Waals surface area contributed by atoms with Crippen molar-refractivity contribution < 1.29 is 4.79 Å². The molecule has 1 fully saturated rings. The number of rotatable bonds is 1. The summed E-state index contributed by atoms with van der Waals surface area (Å²) in [5, 5.41) is 3.32. The number of hydrogen-bond acceptors (Lipinski definition) is 3. The van der Waals surface area contributed by atoms with Crippen LogP contribution in [0.1, 0.15) is 23.0 Å². The van der Waals surface area contributed by atoms with Crippen LogP contribution in [0.5, 0.6) is 0 Å². The first-order valence-corrected chi connectivity index (χ1v) is 5.62. The second-order valence-electron chi connectivity index (χ2n) is 4.29. The molecule has 1 saturated heterocycles. The molecule has 1 aliphatic rings. The quantitative estimate of drug-likeness (QED) is 0.760. The molecule has 0 aliphatic carbocycles. The maximum absolute atomic E-state index is 12.1. The van der Waals surface area contributed by atoms with Crippen LogP contribution in [0.4, 0.5) is 0 Å². The fourth-order valence-corrected chi connectivity index (χ4v) is 1.89. The van der Waals surface area contributed by atoms with E-state index in [-0.39, 0.29) is 5.91 Å². The Morgan fingerprint density at radius 1 is 1.56 bits per heavy atom. The molecule has 86 valence electrons. The van der Waals surface area contributed by atoms with Gasteiger partial charge in [-0.2, -0.15) is 0 Å². The monoisotopic (exact) mass is 219 g/mol. The molecule has 2 rings (SSSR count). The van der Waals surface area contributed by atoms with Crippen LogP contribution in [0.25, 0.3) is 0 Å². The summed E-state index contributed by atoms with van der Waals surface area (Å²) in [7, 11) is 0. The Morgan fingerprint density at radius 3 is 3.00 bits per heavy atom. The highest BCUT2D eigenvalue weighted by Crippen LogP contribution is 2.07. The summed E-state index contributed by atoms with van der Waals surface area (Å²) >= 11 is 0. The summed E-state index contributed by atoms with van der Waals surface area (Å²) < 4.78 is 0. The van der Waals surface area contributed by atoms with Crippen molar-refractivity contribution in [3.05, 3.63) is 29.6 Å². The van der Waals surface area contributed by atoms with Gasteiger partial charge in [0.1, 0.15) is 0 Å². The van der Waals surface area contributed by atoms with Crippen LogP contribution in [0.2, 0.25) is 0 Å². The molecule has 0 radical (unpaired) electrons. The Morgan fingerprint density at radius 2 is 2.38 bits per heavy atom. The minimum Gasteiger partial charge on any atom is -0.336 e. The van der Waals surface area contributed by atoms with Gasteiger partial charge in [-0.05, 0) is 26.0 Å². The van der Waals surface area contributed by atoms with Crippen molar-refractivity contribution >= 4 is 5.91 Å². The molecule has 1 aromatic heterocycles. The van der Waals surface area contributed by atoms with Crippen LogP contribution in [0.3, 0.4) is 0 Å². The van der Waals surface area contributed by atoms with Gasteiger partial charge in [-0.15, -0.1) is 0 Å². The van der Waals surface area contributed by atoms with E-state index in [1.54, 1.807) is 6.20 Å². The summed E-state index contributed by atoms with van der Waals surface area (Å²) in [6.45, 7) is 6.42. The van der Waals surface area contributed by atoms with E-state index in [0.717, 1.165) is 25.3 Å². The lowest BCUT2D eigenvalue weighted by Gasteiger charge is -2.31. The Hall–Kier alpha value is -1.42. The summed E-state index contributed by atoms with van der Waals surface area (Å²) in [6, 6.07) is 4.09. The SMILES string of the molecule is Cc1ccc(C(=O)N2CCNC(C)C2)cn1. The van der Waals surface area contributed by atoms with Crippen molar-refractivity contribution in [2.24, 2.45) is 0 Å². The number of amides is 1. The number of piperazine rings is 1. The van der Waals surface area contributed by atoms with Gasteiger partial charge in [-0.3, -0.25) is 9.78 Å². The van der Waals surface area contributed by atoms with Crippen molar-refractivity contribution in [3.63, 3.8) is 0 Å². The molecule has 0 saturated carbocycles. The molecule has 1 aromatic rings. The Bertz CT molecular complexity index is 374. The van der Waals surface area contributed by atoms with Crippen LogP contribution < -0.4 is 5.32 Å². The van der Waals surface area contributed by atoms with Crippen molar-refractivity contribution in [2.75, 3.05) is 19.6 Å². The predicted molar refractivity (Wildman–Crippen MR) is 62.3 cm³/mol. The lowest BCUT2D eigenvalue weighted by Crippen LogP contribution is -2.51. The number of aromatic nitrogens is 1. The van der Waals surface area contributed by atoms with Gasteiger partial charge in [0.05, 0.1) is 5.56 Å². The van der Waals surface area contributed by atoms with Crippen molar-refractivity contribution in [1.29, 1.82) is 0 Å². The first-order valence-electron chi connectivity index (χ1n) is 5.62. The number of carbonyl (C=O) groups is 1. The van der Waals surface area contributed by atoms with Gasteiger partial charge < -0.3 is 10.2 Å². The lowest BCUT2D eigenvalue weighted by molar-refractivity contribution is 0.0708. The number of aryl methyl sites for hydroxylation is 1. The number of pyridine rings is 1. The first kappa shape index (κ1) is 11.1. The number of hydrogen-bond donors (Lipinski definition) is 1. The molecule has 1 atom stereocenters. The second kappa shape index (κ2) is 4.61. The average Bonchev–Trinajstić information content (AvgIpc) is 2.29. The average molecular weight is 219 g/mol. The van der Waals surface area contributed by atoms with Gasteiger partial charge in [0, 0.05) is 37.6 Å². The molecule has 4 heteroatoms. The Kier molecular flexibility index (Phi) is 3.19. The molecule has 1 aliphatic heterocycles. The molecule has 1 unspecified atom stereocenters. The minimum atomic E-state index is 0.0841. The Balaban J connectivity index is 2.09. The van der Waals surface area contributed by atoms with Gasteiger partial charge in [-0.1, -0.05) is 0 Å². The van der Waals surface area contributed by atoms with Crippen molar-refractivity contribution in [1.82, 2.24) is 15.2 Å². The third kappa shape index (κ3) is 2.39. The fraction of sp³-hybridized carbons (Fsp3) is 0.500. The zero-order chi connectivity index (χ0) is 11.5. The number of nitrogens with one attached hydrogen (secondary N) is 1. The second-order valence-corrected chi connectivity index (χ2v) is 4.29. The maximum Gasteiger partial charge on any atom is 0.255 e. The van der Waals surface area contributed by atoms with Crippen LogP contribution in [-0.2, 0) is 0 Å². The third-order valence-electron chi connectivity index (χ3n) is 2.81. The summed E-state index contributed by atoms with van der Waals surface area (Å²) in [5.41, 5.74) is 1.62. The van der Waals surface area contributed by atoms with Crippen molar-refractivity contribution in [2.45, 2.75) is 19.9 Å². The van der Waals surface area contributed by atoms with Gasteiger partial charge in [0.2, 0.25) is 0 Å². The molecule has 0 bridgehead atoms. The highest BCUT2D eigenvalue weighted by atomic mass is 16.2. The van der Waals surface area contributed by atoms with Gasteiger partial charge >= 0.3 is 0 Å². The standard InChI is InChI=1S/C12H17N3O/c1-9-3-4-11(7-14-9)12(16)15-6-5-13-10(2)8-15/h3-4,7,10,13H,5-6,8H2,1-2H3. The molecule has 1 amide bonds. The fourth-order valence-electron chi connectivity index (χ4n) is 1.89. The van der Waals surface area contributed by atoms with Gasteiger partial charge in [-0.25, -0.2) is 0 Å². The maximum atomic E-state index is 12.1.